The molecule has 0 aliphatic heterocycles. The second-order valence-corrected chi connectivity index (χ2v) is 9.56. The van der Waals surface area contributed by atoms with Crippen molar-refractivity contribution in [1.82, 2.24) is 5.32 Å². The molecule has 1 atom stereocenters. The molecule has 4 aromatic rings. The number of nitrogens with one attached hydrogen (secondary N) is 1. The number of hydrogen-bond acceptors (Lipinski definition) is 6. The van der Waals surface area contributed by atoms with Crippen molar-refractivity contribution >= 4 is 29.4 Å². The van der Waals surface area contributed by atoms with Gasteiger partial charge in [-0.25, -0.2) is 9.59 Å². The zero-order valence-electron chi connectivity index (χ0n) is 21.0. The van der Waals surface area contributed by atoms with Crippen LogP contribution < -0.4 is 10.1 Å². The molecule has 202 valence electrons. The highest BCUT2D eigenvalue weighted by molar-refractivity contribution is 6.32. The standard InChI is InChI=1S/C30H23ClN2O7/c31-24-11-5-6-12-27(24)40-28-14-13-18(16-26(28)33(37)38)15-25(29(34)35)32-30(36)39-17-23-21-9-3-1-7-19(21)20-8-2-4-10-22(20)23/h1-14,16,23,25H,15,17H2,(H,32,36)(H,34,35). The summed E-state index contributed by atoms with van der Waals surface area (Å²) < 4.78 is 11.1. The maximum Gasteiger partial charge on any atom is 0.407 e. The Bertz CT molecular complexity index is 1560. The maximum atomic E-state index is 12.7. The van der Waals surface area contributed by atoms with Gasteiger partial charge in [-0.2, -0.15) is 0 Å². The van der Waals surface area contributed by atoms with Gasteiger partial charge >= 0.3 is 17.7 Å². The second-order valence-electron chi connectivity index (χ2n) is 9.16. The van der Waals surface area contributed by atoms with Crippen LogP contribution in [0.25, 0.3) is 11.1 Å². The first kappa shape index (κ1) is 26.7. The number of ether oxygens (including phenoxy) is 2. The normalized spacial score (nSPS) is 12.6. The Kier molecular flexibility index (Phi) is 7.65. The Labute approximate surface area is 234 Å². The molecule has 2 N–H and O–H groups in total. The van der Waals surface area contributed by atoms with Gasteiger partial charge in [0.1, 0.15) is 18.4 Å². The van der Waals surface area contributed by atoms with Gasteiger partial charge in [0.2, 0.25) is 5.75 Å². The number of carbonyl (C=O) groups is 2. The number of hydrogen-bond donors (Lipinski definition) is 2. The van der Waals surface area contributed by atoms with Crippen LogP contribution in [-0.2, 0) is 16.0 Å². The van der Waals surface area contributed by atoms with Gasteiger partial charge in [-0.15, -0.1) is 0 Å². The van der Waals surface area contributed by atoms with Gasteiger partial charge in [0, 0.05) is 18.4 Å². The number of rotatable bonds is 9. The number of amides is 1. The minimum Gasteiger partial charge on any atom is -0.480 e. The predicted molar refractivity (Wildman–Crippen MR) is 148 cm³/mol. The van der Waals surface area contributed by atoms with E-state index in [1.54, 1.807) is 24.3 Å². The summed E-state index contributed by atoms with van der Waals surface area (Å²) in [6.45, 7) is 0.0196. The summed E-state index contributed by atoms with van der Waals surface area (Å²) in [5.41, 5.74) is 4.13. The average molecular weight is 559 g/mol. The number of nitro groups is 1. The van der Waals surface area contributed by atoms with Crippen molar-refractivity contribution in [3.05, 3.63) is 123 Å². The van der Waals surface area contributed by atoms with E-state index in [-0.39, 0.29) is 41.2 Å². The lowest BCUT2D eigenvalue weighted by Gasteiger charge is -2.18. The van der Waals surface area contributed by atoms with Crippen molar-refractivity contribution in [1.29, 1.82) is 0 Å². The van der Waals surface area contributed by atoms with E-state index < -0.39 is 23.0 Å². The zero-order valence-corrected chi connectivity index (χ0v) is 21.7. The number of carbonyl (C=O) groups excluding carboxylic acids is 1. The quantitative estimate of drug-likeness (QED) is 0.175. The van der Waals surface area contributed by atoms with E-state index in [2.05, 4.69) is 5.32 Å². The summed E-state index contributed by atoms with van der Waals surface area (Å²) in [6.07, 6.45) is -1.12. The summed E-state index contributed by atoms with van der Waals surface area (Å²) in [5.74, 6) is -1.32. The molecule has 4 aromatic carbocycles. The van der Waals surface area contributed by atoms with Gasteiger partial charge in [-0.1, -0.05) is 78.3 Å². The highest BCUT2D eigenvalue weighted by Gasteiger charge is 2.30. The Morgan fingerprint density at radius 3 is 2.17 bits per heavy atom. The number of carboxylic acid groups (broad SMARTS) is 1. The number of nitrogens with zero attached hydrogens (tertiary/aromatic N) is 1. The Morgan fingerprint density at radius 1 is 0.925 bits per heavy atom. The second kappa shape index (κ2) is 11.5. The average Bonchev–Trinajstić information content (AvgIpc) is 3.27. The van der Waals surface area contributed by atoms with Crippen LogP contribution in [0.4, 0.5) is 10.5 Å². The number of alkyl carbamates (subject to hydrolysis) is 1. The minimum atomic E-state index is -1.38. The number of halogens is 1. The molecule has 1 unspecified atom stereocenters. The monoisotopic (exact) mass is 558 g/mol. The minimum absolute atomic E-state index is 0.0196. The smallest absolute Gasteiger partial charge is 0.407 e. The van der Waals surface area contributed by atoms with E-state index in [9.17, 15) is 24.8 Å². The molecule has 0 fully saturated rings. The van der Waals surface area contributed by atoms with Crippen LogP contribution in [0.15, 0.2) is 91.0 Å². The molecule has 10 heteroatoms. The third-order valence-electron chi connectivity index (χ3n) is 6.65. The number of aliphatic carboxylic acids is 1. The summed E-state index contributed by atoms with van der Waals surface area (Å²) in [4.78, 5) is 35.7. The number of carboxylic acids is 1. The lowest BCUT2D eigenvalue weighted by atomic mass is 9.98. The van der Waals surface area contributed by atoms with Crippen LogP contribution in [0.5, 0.6) is 11.5 Å². The molecule has 1 aliphatic carbocycles. The molecule has 40 heavy (non-hydrogen) atoms. The summed E-state index contributed by atoms with van der Waals surface area (Å²) in [6, 6.07) is 24.9. The number of benzene rings is 4. The molecule has 0 spiro atoms. The summed E-state index contributed by atoms with van der Waals surface area (Å²) >= 11 is 6.09. The van der Waals surface area contributed by atoms with Crippen LogP contribution in [0.2, 0.25) is 5.02 Å². The van der Waals surface area contributed by atoms with Crippen molar-refractivity contribution in [3.63, 3.8) is 0 Å². The fourth-order valence-electron chi connectivity index (χ4n) is 4.78. The largest absolute Gasteiger partial charge is 0.480 e. The third-order valence-corrected chi connectivity index (χ3v) is 6.96. The molecule has 1 aliphatic rings. The highest BCUT2D eigenvalue weighted by Crippen LogP contribution is 2.44. The first-order chi connectivity index (χ1) is 19.3. The molecular weight excluding hydrogens is 536 g/mol. The first-order valence-electron chi connectivity index (χ1n) is 12.4. The highest BCUT2D eigenvalue weighted by atomic mass is 35.5. The lowest BCUT2D eigenvalue weighted by Crippen LogP contribution is -2.42. The van der Waals surface area contributed by atoms with Gasteiger partial charge in [0.05, 0.1) is 9.95 Å². The summed E-state index contributed by atoms with van der Waals surface area (Å²) in [7, 11) is 0. The molecule has 1 amide bonds. The van der Waals surface area contributed by atoms with E-state index >= 15 is 0 Å². The van der Waals surface area contributed by atoms with Crippen molar-refractivity contribution in [2.45, 2.75) is 18.4 Å². The Morgan fingerprint density at radius 2 is 1.55 bits per heavy atom. The molecule has 0 radical (unpaired) electrons. The van der Waals surface area contributed by atoms with E-state index in [0.717, 1.165) is 22.3 Å². The van der Waals surface area contributed by atoms with Gasteiger partial charge < -0.3 is 19.9 Å². The fraction of sp³-hybridized carbons (Fsp3) is 0.133. The molecule has 5 rings (SSSR count). The number of nitro benzene ring substituents is 1. The van der Waals surface area contributed by atoms with Crippen molar-refractivity contribution in [2.24, 2.45) is 0 Å². The molecule has 0 saturated heterocycles. The van der Waals surface area contributed by atoms with Crippen LogP contribution in [-0.4, -0.2) is 34.7 Å². The van der Waals surface area contributed by atoms with Gasteiger partial charge in [-0.05, 0) is 46.0 Å². The predicted octanol–water partition coefficient (Wildman–Crippen LogP) is 6.57. The topological polar surface area (TPSA) is 128 Å². The van der Waals surface area contributed by atoms with Crippen LogP contribution >= 0.6 is 11.6 Å². The molecule has 9 nitrogen and oxygen atoms in total. The van der Waals surface area contributed by atoms with Gasteiger partial charge in [0.25, 0.3) is 0 Å². The van der Waals surface area contributed by atoms with Crippen molar-refractivity contribution < 1.29 is 29.1 Å². The third kappa shape index (κ3) is 5.60. The Balaban J connectivity index is 1.27. The van der Waals surface area contributed by atoms with Crippen LogP contribution in [0.3, 0.4) is 0 Å². The first-order valence-corrected chi connectivity index (χ1v) is 12.7. The van der Waals surface area contributed by atoms with Crippen molar-refractivity contribution in [3.8, 4) is 22.6 Å². The van der Waals surface area contributed by atoms with E-state index in [1.807, 2.05) is 48.5 Å². The molecule has 0 saturated carbocycles. The molecule has 0 heterocycles. The lowest BCUT2D eigenvalue weighted by molar-refractivity contribution is -0.385. The van der Waals surface area contributed by atoms with Crippen LogP contribution in [0, 0.1) is 10.1 Å². The SMILES string of the molecule is O=C(NC(Cc1ccc(Oc2ccccc2Cl)c([N+](=O)[O-])c1)C(=O)O)OCC1c2ccccc2-c2ccccc21. The van der Waals surface area contributed by atoms with Crippen LogP contribution in [0.1, 0.15) is 22.6 Å². The van der Waals surface area contributed by atoms with E-state index in [4.69, 9.17) is 21.1 Å². The molecular formula is C30H23ClN2O7. The molecule has 0 bridgehead atoms. The van der Waals surface area contributed by atoms with Gasteiger partial charge in [-0.3, -0.25) is 10.1 Å². The maximum absolute atomic E-state index is 12.7. The number of para-hydroxylation sites is 1. The Hall–Kier alpha value is -4.89. The molecule has 0 aromatic heterocycles. The van der Waals surface area contributed by atoms with Crippen molar-refractivity contribution in [2.75, 3.05) is 6.61 Å². The van der Waals surface area contributed by atoms with E-state index in [1.165, 1.54) is 18.2 Å². The van der Waals surface area contributed by atoms with E-state index in [0.29, 0.717) is 5.56 Å². The number of fused-ring (bicyclic) bond motifs is 3. The fourth-order valence-corrected chi connectivity index (χ4v) is 4.96. The summed E-state index contributed by atoms with van der Waals surface area (Å²) in [5, 5.41) is 24.1. The van der Waals surface area contributed by atoms with Gasteiger partial charge in [0.15, 0.2) is 0 Å². The zero-order chi connectivity index (χ0) is 28.2.